The Morgan fingerprint density at radius 1 is 1.22 bits per heavy atom. The number of anilines is 1. The van der Waals surface area contributed by atoms with E-state index in [2.05, 4.69) is 52.7 Å². The summed E-state index contributed by atoms with van der Waals surface area (Å²) in [6, 6.07) is 14.6. The van der Waals surface area contributed by atoms with Gasteiger partial charge >= 0.3 is 0 Å². The van der Waals surface area contributed by atoms with Crippen LogP contribution in [0.25, 0.3) is 5.70 Å². The van der Waals surface area contributed by atoms with Gasteiger partial charge in [0.15, 0.2) is 0 Å². The van der Waals surface area contributed by atoms with Gasteiger partial charge in [-0.1, -0.05) is 24.3 Å². The van der Waals surface area contributed by atoms with Gasteiger partial charge in [-0.15, -0.1) is 11.8 Å². The van der Waals surface area contributed by atoms with Gasteiger partial charge in [0, 0.05) is 60.3 Å². The first-order valence-corrected chi connectivity index (χ1v) is 13.0. The van der Waals surface area contributed by atoms with Crippen molar-refractivity contribution in [2.24, 2.45) is 16.6 Å². The number of allylic oxidation sites excluding steroid dienone is 2. The molecule has 37 heavy (non-hydrogen) atoms. The lowest BCUT2D eigenvalue weighted by Crippen LogP contribution is -2.33. The topological polar surface area (TPSA) is 125 Å². The third kappa shape index (κ3) is 10.3. The second kappa shape index (κ2) is 17.1. The van der Waals surface area contributed by atoms with Gasteiger partial charge in [-0.25, -0.2) is 5.84 Å². The van der Waals surface area contributed by atoms with Crippen molar-refractivity contribution < 1.29 is 4.74 Å². The molecule has 2 rings (SSSR count). The van der Waals surface area contributed by atoms with Crippen LogP contribution in [-0.4, -0.2) is 51.8 Å². The van der Waals surface area contributed by atoms with E-state index in [0.717, 1.165) is 47.0 Å². The Bertz CT molecular complexity index is 1080. The van der Waals surface area contributed by atoms with Crippen molar-refractivity contribution >= 4 is 36.1 Å². The summed E-state index contributed by atoms with van der Waals surface area (Å²) >= 11 is 1.75. The Kier molecular flexibility index (Phi) is 13.8. The Hall–Kier alpha value is -3.37. The molecule has 0 saturated heterocycles. The molecule has 0 aliphatic heterocycles. The second-order valence-corrected chi connectivity index (χ2v) is 9.29. The highest BCUT2D eigenvalue weighted by molar-refractivity contribution is 8.02. The van der Waals surface area contributed by atoms with Crippen LogP contribution in [0.2, 0.25) is 0 Å². The van der Waals surface area contributed by atoms with Crippen molar-refractivity contribution in [3.63, 3.8) is 0 Å². The van der Waals surface area contributed by atoms with Gasteiger partial charge in [-0.05, 0) is 67.7 Å². The molecule has 0 fully saturated rings. The van der Waals surface area contributed by atoms with E-state index in [1.807, 2.05) is 25.4 Å². The van der Waals surface area contributed by atoms with E-state index in [4.69, 9.17) is 21.7 Å². The number of benzene rings is 2. The highest BCUT2D eigenvalue weighted by atomic mass is 32.2. The van der Waals surface area contributed by atoms with Gasteiger partial charge in [0.05, 0.1) is 18.8 Å². The minimum absolute atomic E-state index is 0.511. The number of nitrogens with one attached hydrogen (secondary N) is 3. The summed E-state index contributed by atoms with van der Waals surface area (Å²) in [6.45, 7) is 5.61. The maximum absolute atomic E-state index is 7.05. The van der Waals surface area contributed by atoms with Crippen LogP contribution in [0.4, 0.5) is 5.69 Å². The first kappa shape index (κ1) is 29.9. The van der Waals surface area contributed by atoms with Crippen LogP contribution in [-0.2, 0) is 23.3 Å². The number of hydrogen-bond donors (Lipinski definition) is 5. The Morgan fingerprint density at radius 2 is 2.00 bits per heavy atom. The number of hydrogen-bond acceptors (Lipinski definition) is 9. The van der Waals surface area contributed by atoms with Crippen molar-refractivity contribution in [3.8, 4) is 0 Å². The minimum Gasteiger partial charge on any atom is -0.403 e. The van der Waals surface area contributed by atoms with E-state index in [0.29, 0.717) is 13.2 Å². The fourth-order valence-corrected chi connectivity index (χ4v) is 4.64. The van der Waals surface area contributed by atoms with Crippen LogP contribution >= 0.6 is 11.8 Å². The maximum Gasteiger partial charge on any atom is 0.0745 e. The molecular formula is C28H39N7OS. The predicted octanol–water partition coefficient (Wildman–Crippen LogP) is 4.12. The number of likely N-dealkylation sites (N-methyl/N-ethyl adjacent to an activating group) is 1. The normalized spacial score (nSPS) is 12.1. The van der Waals surface area contributed by atoms with Crippen LogP contribution in [0.1, 0.15) is 22.3 Å². The summed E-state index contributed by atoms with van der Waals surface area (Å²) < 4.78 is 5.16. The number of hydrazine groups is 1. The summed E-state index contributed by atoms with van der Waals surface area (Å²) in [4.78, 5) is 5.17. The Balaban J connectivity index is 2.20. The average Bonchev–Trinajstić information content (AvgIpc) is 2.91. The highest BCUT2D eigenvalue weighted by Gasteiger charge is 2.12. The molecule has 0 bridgehead atoms. The zero-order valence-electron chi connectivity index (χ0n) is 21.7. The molecule has 0 radical (unpaired) electrons. The molecule has 9 heteroatoms. The molecule has 0 aliphatic rings. The lowest BCUT2D eigenvalue weighted by atomic mass is 10.0. The maximum atomic E-state index is 7.05. The lowest BCUT2D eigenvalue weighted by molar-refractivity contribution is 0.173. The summed E-state index contributed by atoms with van der Waals surface area (Å²) in [7, 11) is 3.61. The van der Waals surface area contributed by atoms with Crippen molar-refractivity contribution in [1.82, 2.24) is 10.3 Å². The fraction of sp³-hybridized carbons (Fsp3) is 0.286. The number of nitrogens with zero attached hydrogens (tertiary/aromatic N) is 2. The third-order valence-electron chi connectivity index (χ3n) is 5.57. The van der Waals surface area contributed by atoms with E-state index in [1.165, 1.54) is 22.9 Å². The Morgan fingerprint density at radius 3 is 2.65 bits per heavy atom. The van der Waals surface area contributed by atoms with Crippen molar-refractivity contribution in [2.45, 2.75) is 18.6 Å². The molecule has 198 valence electrons. The number of aliphatic imine (C=N–C) groups is 1. The molecule has 7 N–H and O–H groups in total. The largest absolute Gasteiger partial charge is 0.403 e. The summed E-state index contributed by atoms with van der Waals surface area (Å²) in [5, 5.41) is 15.1. The summed E-state index contributed by atoms with van der Waals surface area (Å²) in [5.41, 5.74) is 12.3. The van der Waals surface area contributed by atoms with Crippen molar-refractivity contribution in [3.05, 3.63) is 94.3 Å². The first-order chi connectivity index (χ1) is 18.1. The lowest BCUT2D eigenvalue weighted by Gasteiger charge is -2.22. The van der Waals surface area contributed by atoms with Gasteiger partial charge in [0.2, 0.25) is 0 Å². The summed E-state index contributed by atoms with van der Waals surface area (Å²) in [6.07, 6.45) is 9.66. The quantitative estimate of drug-likeness (QED) is 0.120. The van der Waals surface area contributed by atoms with Gasteiger partial charge in [0.1, 0.15) is 0 Å². The van der Waals surface area contributed by atoms with E-state index < -0.39 is 0 Å². The standard InChI is InChI=1S/C28H39N7OS/c1-32-14-11-23-7-8-24(28(19-30)35(31)15-16-36-3)18-25(23)21-37-27(20-33-2)17-22-5-9-26(10-6-22)34-13-4-12-29/h4-10,12-13,18-20,29,32,34H,2,11,14-17,21,30-31H2,1,3H3/b13-4-,27-20-,28-19-,29-12?. The van der Waals surface area contributed by atoms with Crippen LogP contribution in [0.15, 0.2) is 77.0 Å². The molecule has 0 heterocycles. The van der Waals surface area contributed by atoms with E-state index in [-0.39, 0.29) is 0 Å². The number of ether oxygens (including phenoxy) is 1. The molecule has 2 aromatic carbocycles. The number of nitrogens with two attached hydrogens (primary N) is 2. The molecule has 0 atom stereocenters. The van der Waals surface area contributed by atoms with Gasteiger partial charge in [-0.3, -0.25) is 4.99 Å². The van der Waals surface area contributed by atoms with Crippen LogP contribution < -0.4 is 22.2 Å². The predicted molar refractivity (Wildman–Crippen MR) is 160 cm³/mol. The molecule has 0 spiro atoms. The average molecular weight is 522 g/mol. The van der Waals surface area contributed by atoms with Crippen LogP contribution in [0, 0.1) is 5.41 Å². The van der Waals surface area contributed by atoms with E-state index in [9.17, 15) is 0 Å². The molecule has 0 unspecified atom stereocenters. The molecule has 8 nitrogen and oxygen atoms in total. The first-order valence-electron chi connectivity index (χ1n) is 12.0. The SMILES string of the molecule is C=N/C=C(/Cc1ccc(N/C=C\C=N)cc1)SCc1cc(/C(=C/N)N(N)CCOC)ccc1CCNC. The number of rotatable bonds is 17. The van der Waals surface area contributed by atoms with E-state index in [1.54, 1.807) is 42.4 Å². The summed E-state index contributed by atoms with van der Waals surface area (Å²) in [5.74, 6) is 7.03. The molecular weight excluding hydrogens is 482 g/mol. The number of methoxy groups -OCH3 is 1. The van der Waals surface area contributed by atoms with Crippen LogP contribution in [0.3, 0.4) is 0 Å². The monoisotopic (exact) mass is 521 g/mol. The third-order valence-corrected chi connectivity index (χ3v) is 6.65. The van der Waals surface area contributed by atoms with Gasteiger partial charge in [-0.2, -0.15) is 0 Å². The molecule has 0 aliphatic carbocycles. The highest BCUT2D eigenvalue weighted by Crippen LogP contribution is 2.29. The molecule has 0 amide bonds. The molecule has 0 aromatic heterocycles. The molecule has 0 saturated carbocycles. The van der Waals surface area contributed by atoms with Crippen molar-refractivity contribution in [2.75, 3.05) is 39.2 Å². The van der Waals surface area contributed by atoms with Gasteiger partial charge in [0.25, 0.3) is 0 Å². The fourth-order valence-electron chi connectivity index (χ4n) is 3.61. The minimum atomic E-state index is 0.511. The Labute approximate surface area is 225 Å². The smallest absolute Gasteiger partial charge is 0.0745 e. The van der Waals surface area contributed by atoms with Crippen LogP contribution in [0.5, 0.6) is 0 Å². The zero-order chi connectivity index (χ0) is 26.9. The molecule has 2 aromatic rings. The van der Waals surface area contributed by atoms with Crippen molar-refractivity contribution in [1.29, 1.82) is 5.41 Å². The number of thioether (sulfide) groups is 1. The second-order valence-electron chi connectivity index (χ2n) is 8.19. The van der Waals surface area contributed by atoms with Gasteiger partial charge < -0.3 is 31.5 Å². The van der Waals surface area contributed by atoms with E-state index >= 15 is 0 Å². The zero-order valence-corrected chi connectivity index (χ0v) is 22.6.